The van der Waals surface area contributed by atoms with Crippen LogP contribution in [0.1, 0.15) is 31.4 Å². The van der Waals surface area contributed by atoms with Crippen molar-refractivity contribution in [2.24, 2.45) is 11.7 Å². The van der Waals surface area contributed by atoms with Crippen molar-refractivity contribution >= 4 is 34.6 Å². The number of aliphatic hydroxyl groups excluding tert-OH is 1. The molecule has 0 aliphatic carbocycles. The zero-order valence-corrected chi connectivity index (χ0v) is 23.0. The molecule has 1 aromatic heterocycles. The molecule has 3 amide bonds. The number of fused-ring (bicyclic) bond motifs is 1. The number of carbonyl (C=O) groups excluding carboxylic acids is 3. The summed E-state index contributed by atoms with van der Waals surface area (Å²) < 4.78 is 0. The summed E-state index contributed by atoms with van der Waals surface area (Å²) in [4.78, 5) is 53.9. The molecule has 0 bridgehead atoms. The van der Waals surface area contributed by atoms with Crippen molar-refractivity contribution in [1.82, 2.24) is 20.9 Å². The van der Waals surface area contributed by atoms with Gasteiger partial charge in [-0.3, -0.25) is 14.4 Å². The monoisotopic (exact) mass is 567 g/mol. The minimum atomic E-state index is -1.38. The second kappa shape index (κ2) is 14.3. The van der Waals surface area contributed by atoms with E-state index in [1.165, 1.54) is 12.1 Å². The Hall–Kier alpha value is -4.42. The second-order valence-corrected chi connectivity index (χ2v) is 10.4. The molecule has 41 heavy (non-hydrogen) atoms. The van der Waals surface area contributed by atoms with Crippen molar-refractivity contribution in [3.05, 3.63) is 65.9 Å². The first-order chi connectivity index (χ1) is 19.5. The molecule has 3 rings (SSSR count). The van der Waals surface area contributed by atoms with E-state index >= 15 is 0 Å². The largest absolute Gasteiger partial charge is 0.508 e. The van der Waals surface area contributed by atoms with Crippen LogP contribution in [0.15, 0.2) is 54.7 Å². The van der Waals surface area contributed by atoms with Gasteiger partial charge < -0.3 is 42.0 Å². The fourth-order valence-electron chi connectivity index (χ4n) is 4.42. The van der Waals surface area contributed by atoms with Crippen molar-refractivity contribution in [2.45, 2.75) is 57.3 Å². The van der Waals surface area contributed by atoms with Gasteiger partial charge in [0.1, 0.15) is 23.9 Å². The molecular formula is C29H37N5O7. The summed E-state index contributed by atoms with van der Waals surface area (Å²) in [6, 6.07) is 8.63. The fourth-order valence-corrected chi connectivity index (χ4v) is 4.42. The summed E-state index contributed by atoms with van der Waals surface area (Å²) in [5.74, 6) is -3.50. The lowest BCUT2D eigenvalue weighted by Gasteiger charge is -2.25. The molecule has 0 saturated heterocycles. The number of carbonyl (C=O) groups is 4. The van der Waals surface area contributed by atoms with E-state index in [1.54, 1.807) is 18.3 Å². The molecule has 12 heteroatoms. The minimum Gasteiger partial charge on any atom is -0.508 e. The number of nitrogens with two attached hydrogens (primary N) is 1. The number of aliphatic hydroxyl groups is 1. The van der Waals surface area contributed by atoms with Gasteiger partial charge in [-0.1, -0.05) is 44.2 Å². The highest BCUT2D eigenvalue weighted by Gasteiger charge is 2.31. The van der Waals surface area contributed by atoms with Crippen LogP contribution in [0.2, 0.25) is 0 Å². The van der Waals surface area contributed by atoms with Crippen LogP contribution in [0.3, 0.4) is 0 Å². The summed E-state index contributed by atoms with van der Waals surface area (Å²) in [6.07, 6.45) is 2.07. The molecule has 3 aromatic rings. The molecule has 0 aliphatic heterocycles. The Morgan fingerprint density at radius 3 is 2.10 bits per heavy atom. The van der Waals surface area contributed by atoms with Gasteiger partial charge in [0.25, 0.3) is 0 Å². The van der Waals surface area contributed by atoms with E-state index in [0.717, 1.165) is 16.5 Å². The molecule has 0 fully saturated rings. The van der Waals surface area contributed by atoms with Gasteiger partial charge in [0.15, 0.2) is 0 Å². The Kier molecular flexibility index (Phi) is 10.8. The number of aromatic nitrogens is 1. The number of para-hydroxylation sites is 1. The second-order valence-electron chi connectivity index (χ2n) is 10.4. The van der Waals surface area contributed by atoms with Crippen LogP contribution < -0.4 is 21.7 Å². The number of benzene rings is 2. The predicted octanol–water partition coefficient (Wildman–Crippen LogP) is 0.563. The number of rotatable bonds is 14. The van der Waals surface area contributed by atoms with Crippen molar-refractivity contribution in [1.29, 1.82) is 0 Å². The van der Waals surface area contributed by atoms with Crippen LogP contribution in [0.25, 0.3) is 10.9 Å². The maximum atomic E-state index is 13.1. The molecule has 4 unspecified atom stereocenters. The Labute approximate surface area is 237 Å². The normalized spacial score (nSPS) is 14.2. The van der Waals surface area contributed by atoms with E-state index in [2.05, 4.69) is 20.9 Å². The lowest BCUT2D eigenvalue weighted by atomic mass is 10.0. The van der Waals surface area contributed by atoms with Crippen LogP contribution in [0.4, 0.5) is 0 Å². The molecule has 0 radical (unpaired) electrons. The van der Waals surface area contributed by atoms with Crippen molar-refractivity contribution in [2.75, 3.05) is 6.61 Å². The number of aliphatic carboxylic acids is 1. The first-order valence-electron chi connectivity index (χ1n) is 13.3. The zero-order chi connectivity index (χ0) is 30.1. The van der Waals surface area contributed by atoms with Crippen LogP contribution in [-0.4, -0.2) is 74.8 Å². The maximum absolute atomic E-state index is 13.1. The van der Waals surface area contributed by atoms with E-state index < -0.39 is 54.5 Å². The summed E-state index contributed by atoms with van der Waals surface area (Å²) in [5.41, 5.74) is 8.39. The summed E-state index contributed by atoms with van der Waals surface area (Å²) >= 11 is 0. The molecule has 220 valence electrons. The SMILES string of the molecule is CC(C)CC(NC(=O)C(CO)NC(=O)C(N)Cc1c[nH]c2ccccc12)C(=O)NC(Cc1ccc(O)cc1)C(=O)O. The van der Waals surface area contributed by atoms with Gasteiger partial charge in [0.2, 0.25) is 17.7 Å². The minimum absolute atomic E-state index is 0.0221. The van der Waals surface area contributed by atoms with Crippen LogP contribution in [-0.2, 0) is 32.0 Å². The number of H-pyrrole nitrogens is 1. The Morgan fingerprint density at radius 2 is 1.46 bits per heavy atom. The van der Waals surface area contributed by atoms with Gasteiger partial charge in [-0.15, -0.1) is 0 Å². The van der Waals surface area contributed by atoms with E-state index in [-0.39, 0.29) is 30.9 Å². The quantitative estimate of drug-likeness (QED) is 0.138. The first kappa shape index (κ1) is 31.1. The van der Waals surface area contributed by atoms with Gasteiger partial charge in [0.05, 0.1) is 12.6 Å². The molecule has 12 nitrogen and oxygen atoms in total. The van der Waals surface area contributed by atoms with Crippen molar-refractivity contribution in [3.8, 4) is 5.75 Å². The number of aromatic amines is 1. The molecule has 1 heterocycles. The van der Waals surface area contributed by atoms with E-state index in [0.29, 0.717) is 5.56 Å². The molecule has 0 aliphatic rings. The van der Waals surface area contributed by atoms with Crippen molar-refractivity contribution in [3.63, 3.8) is 0 Å². The Morgan fingerprint density at radius 1 is 0.854 bits per heavy atom. The molecule has 9 N–H and O–H groups in total. The number of hydrogen-bond acceptors (Lipinski definition) is 7. The molecular weight excluding hydrogens is 530 g/mol. The molecule has 4 atom stereocenters. The highest BCUT2D eigenvalue weighted by Crippen LogP contribution is 2.19. The molecule has 0 spiro atoms. The summed E-state index contributed by atoms with van der Waals surface area (Å²) in [6.45, 7) is 2.91. The smallest absolute Gasteiger partial charge is 0.326 e. The predicted molar refractivity (Wildman–Crippen MR) is 152 cm³/mol. The molecule has 0 saturated carbocycles. The van der Waals surface area contributed by atoms with Gasteiger partial charge >= 0.3 is 5.97 Å². The third-order valence-corrected chi connectivity index (χ3v) is 6.60. The highest BCUT2D eigenvalue weighted by atomic mass is 16.4. The third kappa shape index (κ3) is 8.78. The lowest BCUT2D eigenvalue weighted by Crippen LogP contribution is -2.58. The Balaban J connectivity index is 1.64. The van der Waals surface area contributed by atoms with Crippen LogP contribution >= 0.6 is 0 Å². The van der Waals surface area contributed by atoms with Gasteiger partial charge in [-0.25, -0.2) is 4.79 Å². The Bertz CT molecular complexity index is 1360. The van der Waals surface area contributed by atoms with E-state index in [4.69, 9.17) is 5.73 Å². The number of phenolic OH excluding ortho intramolecular Hbond substituents is 1. The average Bonchev–Trinajstić information content (AvgIpc) is 3.34. The maximum Gasteiger partial charge on any atom is 0.326 e. The number of aromatic hydroxyl groups is 1. The van der Waals surface area contributed by atoms with Gasteiger partial charge in [-0.05, 0) is 48.1 Å². The highest BCUT2D eigenvalue weighted by molar-refractivity contribution is 5.94. The summed E-state index contributed by atoms with van der Waals surface area (Å²) in [5, 5.41) is 37.3. The first-order valence-corrected chi connectivity index (χ1v) is 13.3. The van der Waals surface area contributed by atoms with Crippen molar-refractivity contribution < 1.29 is 34.5 Å². The number of carboxylic acid groups (broad SMARTS) is 1. The van der Waals surface area contributed by atoms with E-state index in [1.807, 2.05) is 38.1 Å². The van der Waals surface area contributed by atoms with Gasteiger partial charge in [0, 0.05) is 23.5 Å². The topological polar surface area (TPSA) is 207 Å². The number of phenols is 1. The number of hydrogen-bond donors (Lipinski definition) is 8. The fraction of sp³-hybridized carbons (Fsp3) is 0.379. The third-order valence-electron chi connectivity index (χ3n) is 6.60. The van der Waals surface area contributed by atoms with Crippen LogP contribution in [0.5, 0.6) is 5.75 Å². The summed E-state index contributed by atoms with van der Waals surface area (Å²) in [7, 11) is 0. The van der Waals surface area contributed by atoms with Gasteiger partial charge in [-0.2, -0.15) is 0 Å². The average molecular weight is 568 g/mol. The standard InChI is InChI=1S/C29H37N5O7/c1-16(2)11-23(27(38)33-24(29(40)41)12-17-7-9-19(36)10-8-17)32-28(39)25(15-35)34-26(37)21(30)13-18-14-31-22-6-4-3-5-20(18)22/h3-10,14,16,21,23-25,31,35-36H,11-13,15,30H2,1-2H3,(H,32,39)(H,33,38)(H,34,37)(H,40,41). The van der Waals surface area contributed by atoms with E-state index in [9.17, 15) is 34.5 Å². The van der Waals surface area contributed by atoms with Crippen LogP contribution in [0, 0.1) is 5.92 Å². The number of amides is 3. The number of nitrogens with one attached hydrogen (secondary N) is 4. The molecule has 2 aromatic carbocycles. The number of carboxylic acids is 1. The zero-order valence-electron chi connectivity index (χ0n) is 23.0. The lowest BCUT2D eigenvalue weighted by molar-refractivity contribution is -0.142.